The third-order valence-electron chi connectivity index (χ3n) is 3.01. The number of carbonyl (C=O) groups excluding carboxylic acids is 1. The molecule has 3 N–H and O–H groups in total. The number of benzene rings is 2. The summed E-state index contributed by atoms with van der Waals surface area (Å²) >= 11 is 0. The highest BCUT2D eigenvalue weighted by Crippen LogP contribution is 2.19. The van der Waals surface area contributed by atoms with E-state index in [0.29, 0.717) is 0 Å². The first-order valence-corrected chi connectivity index (χ1v) is 6.19. The number of hydrogen-bond acceptors (Lipinski definition) is 2. The molecule has 0 spiro atoms. The highest BCUT2D eigenvalue weighted by Gasteiger charge is 2.18. The Hall–Kier alpha value is -2.50. The number of anilines is 1. The summed E-state index contributed by atoms with van der Waals surface area (Å²) in [5, 5.41) is 2.41. The normalized spacial score (nSPS) is 12.0. The molecule has 0 fully saturated rings. The number of rotatable bonds is 3. The first-order valence-electron chi connectivity index (χ1n) is 6.19. The van der Waals surface area contributed by atoms with Crippen LogP contribution in [0.2, 0.25) is 0 Å². The fourth-order valence-electron chi connectivity index (χ4n) is 1.91. The smallest absolute Gasteiger partial charge is 0.254 e. The van der Waals surface area contributed by atoms with Crippen molar-refractivity contribution in [2.75, 3.05) is 5.73 Å². The lowest BCUT2D eigenvalue weighted by Crippen LogP contribution is -2.28. The van der Waals surface area contributed by atoms with E-state index in [1.807, 2.05) is 0 Å². The van der Waals surface area contributed by atoms with E-state index >= 15 is 0 Å². The fourth-order valence-corrected chi connectivity index (χ4v) is 1.91. The zero-order chi connectivity index (χ0) is 15.6. The predicted molar refractivity (Wildman–Crippen MR) is 73.1 cm³/mol. The maximum absolute atomic E-state index is 13.6. The van der Waals surface area contributed by atoms with Crippen molar-refractivity contribution in [1.29, 1.82) is 0 Å². The highest BCUT2D eigenvalue weighted by molar-refractivity contribution is 5.95. The van der Waals surface area contributed by atoms with E-state index in [1.165, 1.54) is 19.1 Å². The van der Waals surface area contributed by atoms with E-state index in [2.05, 4.69) is 5.32 Å². The molecule has 2 aromatic carbocycles. The van der Waals surface area contributed by atoms with Crippen molar-refractivity contribution in [2.24, 2.45) is 0 Å². The van der Waals surface area contributed by atoms with E-state index in [-0.39, 0.29) is 16.8 Å². The topological polar surface area (TPSA) is 55.1 Å². The molecule has 2 rings (SSSR count). The molecule has 0 aliphatic carbocycles. The van der Waals surface area contributed by atoms with Crippen LogP contribution in [0.5, 0.6) is 0 Å². The number of halogens is 3. The molecular weight excluding hydrogens is 281 g/mol. The first-order chi connectivity index (χ1) is 9.88. The van der Waals surface area contributed by atoms with E-state index in [9.17, 15) is 18.0 Å². The van der Waals surface area contributed by atoms with Crippen LogP contribution < -0.4 is 11.1 Å². The van der Waals surface area contributed by atoms with E-state index in [4.69, 9.17) is 5.73 Å². The summed E-state index contributed by atoms with van der Waals surface area (Å²) in [4.78, 5) is 11.9. The molecule has 21 heavy (non-hydrogen) atoms. The number of amides is 1. The van der Waals surface area contributed by atoms with Crippen LogP contribution in [0.4, 0.5) is 18.9 Å². The van der Waals surface area contributed by atoms with Crippen molar-refractivity contribution in [1.82, 2.24) is 5.32 Å². The lowest BCUT2D eigenvalue weighted by atomic mass is 10.1. The average molecular weight is 294 g/mol. The van der Waals surface area contributed by atoms with Gasteiger partial charge in [0.2, 0.25) is 0 Å². The Morgan fingerprint density at radius 1 is 1.10 bits per heavy atom. The van der Waals surface area contributed by atoms with Gasteiger partial charge in [-0.2, -0.15) is 0 Å². The molecule has 1 amide bonds. The Labute approximate surface area is 119 Å². The molecule has 0 aromatic heterocycles. The summed E-state index contributed by atoms with van der Waals surface area (Å²) in [6.45, 7) is 1.48. The molecule has 0 heterocycles. The number of nitrogen functional groups attached to an aromatic ring is 1. The second-order valence-corrected chi connectivity index (χ2v) is 4.60. The summed E-state index contributed by atoms with van der Waals surface area (Å²) < 4.78 is 40.3. The molecule has 1 atom stereocenters. The number of nitrogens with one attached hydrogen (secondary N) is 1. The predicted octanol–water partition coefficient (Wildman–Crippen LogP) is 3.18. The zero-order valence-electron chi connectivity index (χ0n) is 11.2. The van der Waals surface area contributed by atoms with Gasteiger partial charge in [-0.05, 0) is 43.3 Å². The fraction of sp³-hybridized carbons (Fsp3) is 0.133. The van der Waals surface area contributed by atoms with Crippen LogP contribution in [-0.4, -0.2) is 5.91 Å². The minimum atomic E-state index is -0.815. The summed E-state index contributed by atoms with van der Waals surface area (Å²) in [6.07, 6.45) is 0. The monoisotopic (exact) mass is 294 g/mol. The Bertz CT molecular complexity index is 689. The third-order valence-corrected chi connectivity index (χ3v) is 3.01. The van der Waals surface area contributed by atoms with Gasteiger partial charge < -0.3 is 11.1 Å². The van der Waals surface area contributed by atoms with Gasteiger partial charge in [-0.25, -0.2) is 13.2 Å². The number of carbonyl (C=O) groups is 1. The molecule has 0 saturated heterocycles. The van der Waals surface area contributed by atoms with Crippen LogP contribution in [-0.2, 0) is 0 Å². The third kappa shape index (κ3) is 3.34. The highest BCUT2D eigenvalue weighted by atomic mass is 19.1. The molecule has 0 bridgehead atoms. The van der Waals surface area contributed by atoms with Crippen molar-refractivity contribution < 1.29 is 18.0 Å². The molecule has 0 saturated carbocycles. The molecule has 3 nitrogen and oxygen atoms in total. The Balaban J connectivity index is 2.20. The Morgan fingerprint density at radius 3 is 2.48 bits per heavy atom. The van der Waals surface area contributed by atoms with Gasteiger partial charge in [0.1, 0.15) is 17.5 Å². The molecule has 6 heteroatoms. The maximum Gasteiger partial charge on any atom is 0.254 e. The molecular formula is C15H13F3N2O. The van der Waals surface area contributed by atoms with Crippen LogP contribution in [0.1, 0.15) is 28.9 Å². The van der Waals surface area contributed by atoms with Crippen molar-refractivity contribution in [3.05, 3.63) is 65.0 Å². The van der Waals surface area contributed by atoms with E-state index in [1.54, 1.807) is 0 Å². The second kappa shape index (κ2) is 5.87. The first kappa shape index (κ1) is 14.9. The SMILES string of the molecule is CC(NC(=O)c1ccc(N)cc1F)c1cc(F)ccc1F. The van der Waals surface area contributed by atoms with Crippen molar-refractivity contribution in [2.45, 2.75) is 13.0 Å². The van der Waals surface area contributed by atoms with Crippen molar-refractivity contribution >= 4 is 11.6 Å². The van der Waals surface area contributed by atoms with Gasteiger partial charge in [-0.3, -0.25) is 4.79 Å². The molecule has 2 aromatic rings. The summed E-state index contributed by atoms with van der Waals surface area (Å²) in [5.74, 6) is -2.78. The van der Waals surface area contributed by atoms with Crippen LogP contribution in [0, 0.1) is 17.5 Å². The van der Waals surface area contributed by atoms with Crippen molar-refractivity contribution in [3.63, 3.8) is 0 Å². The maximum atomic E-state index is 13.6. The molecule has 1 unspecified atom stereocenters. The minimum Gasteiger partial charge on any atom is -0.399 e. The van der Waals surface area contributed by atoms with Gasteiger partial charge in [0.05, 0.1) is 11.6 Å². The molecule has 0 aliphatic heterocycles. The van der Waals surface area contributed by atoms with E-state index in [0.717, 1.165) is 24.3 Å². The summed E-state index contributed by atoms with van der Waals surface area (Å²) in [7, 11) is 0. The van der Waals surface area contributed by atoms with Gasteiger partial charge >= 0.3 is 0 Å². The standard InChI is InChI=1S/C15H13F3N2O/c1-8(12-6-9(16)2-5-13(12)17)20-15(21)11-4-3-10(19)7-14(11)18/h2-8H,19H2,1H3,(H,20,21). The Kier molecular flexibility index (Phi) is 4.16. The number of nitrogens with two attached hydrogens (primary N) is 1. The zero-order valence-corrected chi connectivity index (χ0v) is 11.2. The molecule has 0 aliphatic rings. The van der Waals surface area contributed by atoms with Gasteiger partial charge in [0.15, 0.2) is 0 Å². The minimum absolute atomic E-state index is 0.0146. The van der Waals surface area contributed by atoms with Crippen molar-refractivity contribution in [3.8, 4) is 0 Å². The molecule has 0 radical (unpaired) electrons. The van der Waals surface area contributed by atoms with Crippen LogP contribution in [0.25, 0.3) is 0 Å². The van der Waals surface area contributed by atoms with Crippen LogP contribution in [0.15, 0.2) is 36.4 Å². The van der Waals surface area contributed by atoms with Gasteiger partial charge in [-0.1, -0.05) is 0 Å². The van der Waals surface area contributed by atoms with E-state index < -0.39 is 29.4 Å². The Morgan fingerprint density at radius 2 is 1.81 bits per heavy atom. The number of hydrogen-bond donors (Lipinski definition) is 2. The summed E-state index contributed by atoms with van der Waals surface area (Å²) in [5.41, 5.74) is 5.35. The quantitative estimate of drug-likeness (QED) is 0.854. The lowest BCUT2D eigenvalue weighted by Gasteiger charge is -2.15. The molecule has 110 valence electrons. The second-order valence-electron chi connectivity index (χ2n) is 4.60. The van der Waals surface area contributed by atoms with Gasteiger partial charge in [0, 0.05) is 11.3 Å². The van der Waals surface area contributed by atoms with Gasteiger partial charge in [-0.15, -0.1) is 0 Å². The average Bonchev–Trinajstić information content (AvgIpc) is 2.41. The summed E-state index contributed by atoms with van der Waals surface area (Å²) in [6, 6.07) is 5.75. The lowest BCUT2D eigenvalue weighted by molar-refractivity contribution is 0.0935. The van der Waals surface area contributed by atoms with Gasteiger partial charge in [0.25, 0.3) is 5.91 Å². The largest absolute Gasteiger partial charge is 0.399 e. The van der Waals surface area contributed by atoms with Crippen LogP contribution >= 0.6 is 0 Å². The van der Waals surface area contributed by atoms with Crippen LogP contribution in [0.3, 0.4) is 0 Å².